The van der Waals surface area contributed by atoms with Crippen LogP contribution in [0.5, 0.6) is 0 Å². The number of rotatable bonds is 16. The Morgan fingerprint density at radius 3 is 1.77 bits per heavy atom. The first kappa shape index (κ1) is 21.2. The van der Waals surface area contributed by atoms with E-state index in [1.54, 1.807) is 6.92 Å². The summed E-state index contributed by atoms with van der Waals surface area (Å²) in [6.07, 6.45) is 22.3. The molecule has 0 aliphatic rings. The zero-order chi connectivity index (χ0) is 16.5. The van der Waals surface area contributed by atoms with Crippen LogP contribution in [0.15, 0.2) is 12.2 Å². The number of unbranched alkanes of at least 4 members (excludes halogenated alkanes) is 11. The van der Waals surface area contributed by atoms with Crippen molar-refractivity contribution in [3.8, 4) is 0 Å². The molecule has 0 aromatic carbocycles. The minimum absolute atomic E-state index is 0.179. The quantitative estimate of drug-likeness (QED) is 0.253. The number of carboxylic acid groups (broad SMARTS) is 1. The van der Waals surface area contributed by atoms with Crippen molar-refractivity contribution < 1.29 is 9.90 Å². The number of aliphatic carboxylic acids is 1. The SMILES string of the molecule is CCCCCCCCCC=CCCCCCCC(C)C(=O)O. The van der Waals surface area contributed by atoms with E-state index in [0.29, 0.717) is 0 Å². The summed E-state index contributed by atoms with van der Waals surface area (Å²) in [4.78, 5) is 10.7. The maximum Gasteiger partial charge on any atom is 0.306 e. The van der Waals surface area contributed by atoms with Crippen LogP contribution in [-0.2, 0) is 4.79 Å². The lowest BCUT2D eigenvalue weighted by atomic mass is 10.0. The highest BCUT2D eigenvalue weighted by molar-refractivity contribution is 5.69. The van der Waals surface area contributed by atoms with Crippen LogP contribution in [0.4, 0.5) is 0 Å². The van der Waals surface area contributed by atoms with E-state index >= 15 is 0 Å². The molecule has 0 aromatic rings. The number of hydrogen-bond donors (Lipinski definition) is 1. The molecule has 2 heteroatoms. The van der Waals surface area contributed by atoms with Crippen molar-refractivity contribution in [3.05, 3.63) is 12.2 Å². The molecule has 0 rings (SSSR count). The standard InChI is InChI=1S/C20H38O2/c1-3-4-5-6-7-8-9-10-11-12-13-14-15-16-17-18-19(2)20(21)22/h11-12,19H,3-10,13-18H2,1-2H3,(H,21,22). The molecule has 1 unspecified atom stereocenters. The highest BCUT2D eigenvalue weighted by Crippen LogP contribution is 2.12. The van der Waals surface area contributed by atoms with E-state index in [2.05, 4.69) is 19.1 Å². The van der Waals surface area contributed by atoms with Crippen molar-refractivity contribution in [2.24, 2.45) is 5.92 Å². The topological polar surface area (TPSA) is 37.3 Å². The Labute approximate surface area is 138 Å². The second-order valence-corrected chi connectivity index (χ2v) is 6.61. The molecule has 2 nitrogen and oxygen atoms in total. The fourth-order valence-corrected chi connectivity index (χ4v) is 2.64. The first-order valence-electron chi connectivity index (χ1n) is 9.56. The summed E-state index contributed by atoms with van der Waals surface area (Å²) in [5.74, 6) is -0.838. The predicted octanol–water partition coefficient (Wildman–Crippen LogP) is 6.74. The van der Waals surface area contributed by atoms with Crippen LogP contribution in [0.2, 0.25) is 0 Å². The van der Waals surface area contributed by atoms with Gasteiger partial charge in [-0.2, -0.15) is 0 Å². The third-order valence-corrected chi connectivity index (χ3v) is 4.32. The Bertz CT molecular complexity index is 271. The van der Waals surface area contributed by atoms with Crippen LogP contribution < -0.4 is 0 Å². The Kier molecular flexibility index (Phi) is 16.0. The Balaban J connectivity index is 3.16. The molecule has 0 fully saturated rings. The minimum Gasteiger partial charge on any atom is -0.481 e. The monoisotopic (exact) mass is 310 g/mol. The summed E-state index contributed by atoms with van der Waals surface area (Å²) in [6, 6.07) is 0. The van der Waals surface area contributed by atoms with Gasteiger partial charge in [0, 0.05) is 0 Å². The zero-order valence-corrected chi connectivity index (χ0v) is 15.0. The van der Waals surface area contributed by atoms with Crippen molar-refractivity contribution in [1.82, 2.24) is 0 Å². The molecule has 0 aliphatic heterocycles. The molecule has 0 amide bonds. The van der Waals surface area contributed by atoms with E-state index < -0.39 is 5.97 Å². The van der Waals surface area contributed by atoms with Crippen LogP contribution in [0.3, 0.4) is 0 Å². The lowest BCUT2D eigenvalue weighted by molar-refractivity contribution is -0.141. The van der Waals surface area contributed by atoms with Crippen LogP contribution in [0.1, 0.15) is 104 Å². The summed E-state index contributed by atoms with van der Waals surface area (Å²) in [5, 5.41) is 8.79. The van der Waals surface area contributed by atoms with Gasteiger partial charge in [0.1, 0.15) is 0 Å². The Morgan fingerprint density at radius 2 is 1.27 bits per heavy atom. The molecule has 0 aliphatic carbocycles. The van der Waals surface area contributed by atoms with Gasteiger partial charge in [0.05, 0.1) is 5.92 Å². The first-order chi connectivity index (χ1) is 10.7. The van der Waals surface area contributed by atoms with Crippen LogP contribution in [0, 0.1) is 5.92 Å². The lowest BCUT2D eigenvalue weighted by Crippen LogP contribution is -2.08. The van der Waals surface area contributed by atoms with Crippen molar-refractivity contribution >= 4 is 5.97 Å². The van der Waals surface area contributed by atoms with Crippen LogP contribution >= 0.6 is 0 Å². The third kappa shape index (κ3) is 15.6. The van der Waals surface area contributed by atoms with Crippen molar-refractivity contribution in [3.63, 3.8) is 0 Å². The molecule has 0 aromatic heterocycles. The summed E-state index contributed by atoms with van der Waals surface area (Å²) in [5.41, 5.74) is 0. The van der Waals surface area contributed by atoms with Gasteiger partial charge in [-0.15, -0.1) is 0 Å². The van der Waals surface area contributed by atoms with Crippen molar-refractivity contribution in [2.45, 2.75) is 104 Å². The third-order valence-electron chi connectivity index (χ3n) is 4.32. The van der Waals surface area contributed by atoms with Gasteiger partial charge in [-0.25, -0.2) is 0 Å². The largest absolute Gasteiger partial charge is 0.481 e. The summed E-state index contributed by atoms with van der Waals surface area (Å²) < 4.78 is 0. The highest BCUT2D eigenvalue weighted by Gasteiger charge is 2.09. The normalized spacial score (nSPS) is 12.8. The van der Waals surface area contributed by atoms with E-state index in [4.69, 9.17) is 5.11 Å². The average Bonchev–Trinajstić information content (AvgIpc) is 2.50. The second-order valence-electron chi connectivity index (χ2n) is 6.61. The number of carboxylic acids is 1. The van der Waals surface area contributed by atoms with Gasteiger partial charge < -0.3 is 5.11 Å². The summed E-state index contributed by atoms with van der Waals surface area (Å²) >= 11 is 0. The number of carbonyl (C=O) groups is 1. The van der Waals surface area contributed by atoms with E-state index in [-0.39, 0.29) is 5.92 Å². The van der Waals surface area contributed by atoms with E-state index in [1.165, 1.54) is 77.0 Å². The van der Waals surface area contributed by atoms with Gasteiger partial charge in [-0.3, -0.25) is 4.79 Å². The van der Waals surface area contributed by atoms with E-state index in [1.807, 2.05) is 0 Å². The molecular formula is C20H38O2. The molecule has 0 spiro atoms. The Morgan fingerprint density at radius 1 is 0.818 bits per heavy atom. The van der Waals surface area contributed by atoms with E-state index in [0.717, 1.165) is 12.8 Å². The molecule has 0 saturated heterocycles. The number of hydrogen-bond acceptors (Lipinski definition) is 1. The van der Waals surface area contributed by atoms with Crippen molar-refractivity contribution in [1.29, 1.82) is 0 Å². The van der Waals surface area contributed by atoms with Crippen LogP contribution in [0.25, 0.3) is 0 Å². The first-order valence-corrected chi connectivity index (χ1v) is 9.56. The summed E-state index contributed by atoms with van der Waals surface area (Å²) in [7, 11) is 0. The fourth-order valence-electron chi connectivity index (χ4n) is 2.64. The van der Waals surface area contributed by atoms with Gasteiger partial charge >= 0.3 is 5.97 Å². The van der Waals surface area contributed by atoms with Crippen LogP contribution in [-0.4, -0.2) is 11.1 Å². The fraction of sp³-hybridized carbons (Fsp3) is 0.850. The minimum atomic E-state index is -0.659. The van der Waals surface area contributed by atoms with Crippen molar-refractivity contribution in [2.75, 3.05) is 0 Å². The van der Waals surface area contributed by atoms with Gasteiger partial charge in [0.15, 0.2) is 0 Å². The molecule has 0 saturated carbocycles. The molecule has 130 valence electrons. The second kappa shape index (κ2) is 16.6. The maximum absolute atomic E-state index is 10.7. The summed E-state index contributed by atoms with van der Waals surface area (Å²) in [6.45, 7) is 4.07. The maximum atomic E-state index is 10.7. The molecule has 0 radical (unpaired) electrons. The van der Waals surface area contributed by atoms with E-state index in [9.17, 15) is 4.79 Å². The number of allylic oxidation sites excluding steroid dienone is 2. The molecule has 0 bridgehead atoms. The highest BCUT2D eigenvalue weighted by atomic mass is 16.4. The molecular weight excluding hydrogens is 272 g/mol. The molecule has 1 N–H and O–H groups in total. The van der Waals surface area contributed by atoms with Gasteiger partial charge in [-0.1, -0.05) is 83.8 Å². The molecule has 22 heavy (non-hydrogen) atoms. The van der Waals surface area contributed by atoms with Gasteiger partial charge in [0.2, 0.25) is 0 Å². The average molecular weight is 311 g/mol. The smallest absolute Gasteiger partial charge is 0.306 e. The predicted molar refractivity (Wildman–Crippen MR) is 96.3 cm³/mol. The Hall–Kier alpha value is -0.790. The zero-order valence-electron chi connectivity index (χ0n) is 15.0. The van der Waals surface area contributed by atoms with Gasteiger partial charge in [-0.05, 0) is 32.1 Å². The molecule has 0 heterocycles. The van der Waals surface area contributed by atoms with Gasteiger partial charge in [0.25, 0.3) is 0 Å². The molecule has 1 atom stereocenters. The lowest BCUT2D eigenvalue weighted by Gasteiger charge is -2.04.